The van der Waals surface area contributed by atoms with Crippen LogP contribution in [0.3, 0.4) is 0 Å². The average Bonchev–Trinajstić information content (AvgIpc) is 3.00. The summed E-state index contributed by atoms with van der Waals surface area (Å²) in [5.74, 6) is -1.45. The van der Waals surface area contributed by atoms with Crippen molar-refractivity contribution < 1.29 is 19.2 Å². The number of nitro benzene ring substituents is 1. The molecule has 2 aromatic carbocycles. The van der Waals surface area contributed by atoms with Gasteiger partial charge >= 0.3 is 5.97 Å². The van der Waals surface area contributed by atoms with Crippen molar-refractivity contribution in [1.29, 1.82) is 0 Å². The predicted molar refractivity (Wildman–Crippen MR) is 113 cm³/mol. The van der Waals surface area contributed by atoms with Crippen LogP contribution in [0.4, 0.5) is 5.69 Å². The fourth-order valence-electron chi connectivity index (χ4n) is 3.16. The van der Waals surface area contributed by atoms with Crippen LogP contribution in [0, 0.1) is 24.0 Å². The first kappa shape index (κ1) is 22.0. The summed E-state index contributed by atoms with van der Waals surface area (Å²) >= 11 is 6.21. The zero-order chi connectivity index (χ0) is 22.7. The van der Waals surface area contributed by atoms with E-state index < -0.39 is 16.8 Å². The molecule has 0 spiro atoms. The quantitative estimate of drug-likeness (QED) is 0.338. The second-order valence-electron chi connectivity index (χ2n) is 6.84. The van der Waals surface area contributed by atoms with Crippen molar-refractivity contribution >= 4 is 29.2 Å². The molecular weight excluding hydrogens is 424 g/mol. The van der Waals surface area contributed by atoms with Crippen LogP contribution in [0.5, 0.6) is 0 Å². The lowest BCUT2D eigenvalue weighted by Crippen LogP contribution is -2.13. The third kappa shape index (κ3) is 4.72. The molecule has 1 amide bonds. The number of esters is 1. The average molecular weight is 443 g/mol. The fraction of sp³-hybridized carbons (Fsp3) is 0.190. The van der Waals surface area contributed by atoms with Gasteiger partial charge in [-0.25, -0.2) is 4.79 Å². The largest absolute Gasteiger partial charge is 0.457 e. The molecule has 0 atom stereocenters. The normalized spacial score (nSPS) is 10.7. The molecule has 0 aliphatic heterocycles. The van der Waals surface area contributed by atoms with E-state index in [2.05, 4.69) is 5.10 Å². The van der Waals surface area contributed by atoms with Crippen LogP contribution in [-0.4, -0.2) is 26.6 Å². The smallest absolute Gasteiger partial charge is 0.342 e. The number of aromatic nitrogens is 2. The number of nitro groups is 1. The van der Waals surface area contributed by atoms with Crippen molar-refractivity contribution in [2.75, 3.05) is 0 Å². The van der Waals surface area contributed by atoms with E-state index in [1.807, 2.05) is 18.2 Å². The second-order valence-corrected chi connectivity index (χ2v) is 7.24. The van der Waals surface area contributed by atoms with Gasteiger partial charge in [-0.15, -0.1) is 0 Å². The molecule has 9 nitrogen and oxygen atoms in total. The summed E-state index contributed by atoms with van der Waals surface area (Å²) in [5.41, 5.74) is 7.13. The van der Waals surface area contributed by atoms with Gasteiger partial charge < -0.3 is 10.5 Å². The van der Waals surface area contributed by atoms with Crippen LogP contribution in [-0.2, 0) is 17.9 Å². The van der Waals surface area contributed by atoms with Crippen molar-refractivity contribution in [3.05, 3.63) is 91.2 Å². The Morgan fingerprint density at radius 3 is 2.55 bits per heavy atom. The van der Waals surface area contributed by atoms with Crippen LogP contribution >= 0.6 is 11.6 Å². The molecule has 3 rings (SSSR count). The number of amides is 1. The highest BCUT2D eigenvalue weighted by molar-refractivity contribution is 6.31. The Labute approximate surface area is 182 Å². The molecular formula is C21H19ClN4O5. The maximum Gasteiger partial charge on any atom is 0.342 e. The van der Waals surface area contributed by atoms with Gasteiger partial charge in [-0.05, 0) is 37.6 Å². The van der Waals surface area contributed by atoms with Crippen LogP contribution in [0.1, 0.15) is 43.2 Å². The van der Waals surface area contributed by atoms with Crippen LogP contribution in [0.2, 0.25) is 5.02 Å². The van der Waals surface area contributed by atoms with Crippen LogP contribution in [0.25, 0.3) is 0 Å². The molecule has 10 heteroatoms. The van der Waals surface area contributed by atoms with Crippen molar-refractivity contribution in [3.8, 4) is 0 Å². The number of aryl methyl sites for hydroxylation is 1. The minimum absolute atomic E-state index is 0.00526. The monoisotopic (exact) mass is 442 g/mol. The van der Waals surface area contributed by atoms with Gasteiger partial charge in [0.15, 0.2) is 0 Å². The van der Waals surface area contributed by atoms with Gasteiger partial charge in [0.05, 0.1) is 28.4 Å². The molecule has 0 unspecified atom stereocenters. The summed E-state index contributed by atoms with van der Waals surface area (Å²) in [7, 11) is 0. The van der Waals surface area contributed by atoms with Crippen LogP contribution < -0.4 is 5.73 Å². The molecule has 31 heavy (non-hydrogen) atoms. The maximum absolute atomic E-state index is 12.7. The van der Waals surface area contributed by atoms with Gasteiger partial charge in [-0.2, -0.15) is 5.10 Å². The Hall–Kier alpha value is -3.72. The molecule has 0 bridgehead atoms. The molecule has 0 aliphatic rings. The highest BCUT2D eigenvalue weighted by Gasteiger charge is 2.23. The number of benzene rings is 2. The second kappa shape index (κ2) is 8.97. The molecule has 0 radical (unpaired) electrons. The van der Waals surface area contributed by atoms with Crippen molar-refractivity contribution in [1.82, 2.24) is 9.78 Å². The third-order valence-electron chi connectivity index (χ3n) is 4.79. The number of primary amides is 1. The summed E-state index contributed by atoms with van der Waals surface area (Å²) in [5, 5.41) is 16.3. The van der Waals surface area contributed by atoms with E-state index in [1.54, 1.807) is 24.6 Å². The number of nitrogens with zero attached hydrogens (tertiary/aromatic N) is 3. The van der Waals surface area contributed by atoms with Gasteiger partial charge in [-0.1, -0.05) is 29.8 Å². The zero-order valence-corrected chi connectivity index (χ0v) is 17.5. The van der Waals surface area contributed by atoms with Crippen LogP contribution in [0.15, 0.2) is 42.5 Å². The Balaban J connectivity index is 1.80. The standard InChI is InChI=1S/C21H19ClN4O5/c1-12-19(13(2)25(24-12)10-15-5-3-4-6-17(15)22)21(28)31-11-16-8-7-14(20(23)27)9-18(16)26(29)30/h3-9H,10-11H2,1-2H3,(H2,23,27). The van der Waals surface area contributed by atoms with Gasteiger partial charge in [0.25, 0.3) is 5.69 Å². The molecule has 0 aliphatic carbocycles. The lowest BCUT2D eigenvalue weighted by molar-refractivity contribution is -0.385. The maximum atomic E-state index is 12.7. The topological polar surface area (TPSA) is 130 Å². The van der Waals surface area contributed by atoms with Crippen molar-refractivity contribution in [2.24, 2.45) is 5.73 Å². The summed E-state index contributed by atoms with van der Waals surface area (Å²) < 4.78 is 6.97. The number of ether oxygens (including phenoxy) is 1. The van der Waals surface area contributed by atoms with E-state index in [0.717, 1.165) is 11.6 Å². The molecule has 0 fully saturated rings. The zero-order valence-electron chi connectivity index (χ0n) is 16.8. The van der Waals surface area contributed by atoms with Gasteiger partial charge in [0.1, 0.15) is 12.2 Å². The SMILES string of the molecule is Cc1nn(Cc2ccccc2Cl)c(C)c1C(=O)OCc1ccc(C(N)=O)cc1[N+](=O)[O-]. The number of hydrogen-bond donors (Lipinski definition) is 1. The highest BCUT2D eigenvalue weighted by atomic mass is 35.5. The lowest BCUT2D eigenvalue weighted by Gasteiger charge is -2.08. The Morgan fingerprint density at radius 1 is 1.19 bits per heavy atom. The molecule has 0 saturated heterocycles. The van der Waals surface area contributed by atoms with E-state index in [0.29, 0.717) is 23.0 Å². The Morgan fingerprint density at radius 2 is 1.90 bits per heavy atom. The van der Waals surface area contributed by atoms with E-state index in [9.17, 15) is 19.7 Å². The molecule has 3 aromatic rings. The Kier molecular flexibility index (Phi) is 6.36. The number of nitrogens with two attached hydrogens (primary N) is 1. The highest BCUT2D eigenvalue weighted by Crippen LogP contribution is 2.23. The predicted octanol–water partition coefficient (Wildman–Crippen LogP) is 3.57. The summed E-state index contributed by atoms with van der Waals surface area (Å²) in [6, 6.07) is 11.1. The summed E-state index contributed by atoms with van der Waals surface area (Å²) in [6.45, 7) is 3.44. The van der Waals surface area contributed by atoms with Gasteiger partial charge in [0.2, 0.25) is 5.91 Å². The van der Waals surface area contributed by atoms with Gasteiger partial charge in [0, 0.05) is 16.7 Å². The fourth-order valence-corrected chi connectivity index (χ4v) is 3.35. The summed E-state index contributed by atoms with van der Waals surface area (Å²) in [6.07, 6.45) is 0. The number of hydrogen-bond acceptors (Lipinski definition) is 6. The lowest BCUT2D eigenvalue weighted by atomic mass is 10.1. The minimum Gasteiger partial charge on any atom is -0.457 e. The molecule has 1 heterocycles. The van der Waals surface area contributed by atoms with E-state index in [1.165, 1.54) is 12.1 Å². The first-order valence-electron chi connectivity index (χ1n) is 9.20. The van der Waals surface area contributed by atoms with Gasteiger partial charge in [-0.3, -0.25) is 19.6 Å². The van der Waals surface area contributed by atoms with E-state index in [4.69, 9.17) is 22.1 Å². The number of halogens is 1. The van der Waals surface area contributed by atoms with Crippen molar-refractivity contribution in [2.45, 2.75) is 27.0 Å². The molecule has 0 saturated carbocycles. The number of carbonyl (C=O) groups excluding carboxylic acids is 2. The first-order valence-corrected chi connectivity index (χ1v) is 9.58. The third-order valence-corrected chi connectivity index (χ3v) is 5.16. The van der Waals surface area contributed by atoms with E-state index in [-0.39, 0.29) is 29.0 Å². The minimum atomic E-state index is -0.788. The molecule has 2 N–H and O–H groups in total. The number of rotatable bonds is 7. The van der Waals surface area contributed by atoms with Crippen molar-refractivity contribution in [3.63, 3.8) is 0 Å². The first-order chi connectivity index (χ1) is 14.7. The van der Waals surface area contributed by atoms with E-state index >= 15 is 0 Å². The summed E-state index contributed by atoms with van der Waals surface area (Å²) in [4.78, 5) is 34.6. The number of carbonyl (C=O) groups is 2. The Bertz CT molecular complexity index is 1190. The molecule has 1 aromatic heterocycles. The molecule has 160 valence electrons.